The Morgan fingerprint density at radius 1 is 1.08 bits per heavy atom. The summed E-state index contributed by atoms with van der Waals surface area (Å²) in [4.78, 5) is 2.76. The Balaban J connectivity index is 1.64. The van der Waals surface area contributed by atoms with Crippen LogP contribution < -0.4 is 5.73 Å². The van der Waals surface area contributed by atoms with Crippen molar-refractivity contribution in [2.24, 2.45) is 11.1 Å². The van der Waals surface area contributed by atoms with Gasteiger partial charge in [-0.15, -0.1) is 0 Å². The van der Waals surface area contributed by atoms with Crippen molar-refractivity contribution >= 4 is 11.3 Å². The quantitative estimate of drug-likeness (QED) is 0.355. The van der Waals surface area contributed by atoms with Crippen LogP contribution in [0.15, 0.2) is 65.8 Å². The molecule has 2 N–H and O–H groups in total. The minimum atomic E-state index is 0.549. The van der Waals surface area contributed by atoms with Crippen LogP contribution in [0, 0.1) is 12.3 Å². The van der Waals surface area contributed by atoms with Crippen molar-refractivity contribution in [2.75, 3.05) is 13.1 Å². The van der Waals surface area contributed by atoms with Crippen molar-refractivity contribution in [1.29, 1.82) is 0 Å². The van der Waals surface area contributed by atoms with Crippen molar-refractivity contribution in [1.82, 2.24) is 4.90 Å². The van der Waals surface area contributed by atoms with Crippen LogP contribution in [0.25, 0.3) is 22.4 Å². The number of allylic oxidation sites excluding steroid dienone is 4. The Kier molecular flexibility index (Phi) is 8.80. The second-order valence-electron chi connectivity index (χ2n) is 11.5. The van der Waals surface area contributed by atoms with Gasteiger partial charge in [0.2, 0.25) is 0 Å². The molecule has 1 saturated heterocycles. The molecule has 1 unspecified atom stereocenters. The predicted octanol–water partition coefficient (Wildman–Crippen LogP) is 9.16. The highest BCUT2D eigenvalue weighted by Gasteiger charge is 2.44. The first-order valence-electron chi connectivity index (χ1n) is 14.6. The summed E-state index contributed by atoms with van der Waals surface area (Å²) in [5.41, 5.74) is 19.0. The molecule has 1 aliphatic carbocycles. The molecule has 2 heteroatoms. The van der Waals surface area contributed by atoms with E-state index in [-0.39, 0.29) is 0 Å². The van der Waals surface area contributed by atoms with Crippen molar-refractivity contribution in [3.8, 4) is 11.1 Å². The van der Waals surface area contributed by atoms with E-state index in [1.54, 1.807) is 5.57 Å². The molecule has 0 saturated carbocycles. The lowest BCUT2D eigenvalue weighted by Gasteiger charge is -2.53. The van der Waals surface area contributed by atoms with Crippen LogP contribution in [0.2, 0.25) is 0 Å². The molecule has 0 amide bonds. The zero-order chi connectivity index (χ0) is 26.6. The lowest BCUT2D eigenvalue weighted by atomic mass is 9.74. The van der Waals surface area contributed by atoms with E-state index in [0.29, 0.717) is 11.5 Å². The zero-order valence-electron chi connectivity index (χ0n) is 24.2. The summed E-state index contributed by atoms with van der Waals surface area (Å²) in [5, 5.41) is 0. The normalized spacial score (nSPS) is 20.4. The van der Waals surface area contributed by atoms with E-state index in [9.17, 15) is 0 Å². The fraction of sp³-hybridized carbons (Fsp3) is 0.486. The van der Waals surface area contributed by atoms with Gasteiger partial charge in [-0.3, -0.25) is 4.90 Å². The minimum Gasteiger partial charge on any atom is -0.398 e. The summed E-state index contributed by atoms with van der Waals surface area (Å²) in [7, 11) is 0. The zero-order valence-corrected chi connectivity index (χ0v) is 24.2. The molecule has 1 aliphatic heterocycles. The topological polar surface area (TPSA) is 29.3 Å². The second kappa shape index (κ2) is 11.9. The summed E-state index contributed by atoms with van der Waals surface area (Å²) in [5.74, 6) is 0. The fourth-order valence-corrected chi connectivity index (χ4v) is 6.46. The third-order valence-corrected chi connectivity index (χ3v) is 9.36. The van der Waals surface area contributed by atoms with Gasteiger partial charge < -0.3 is 5.73 Å². The molecule has 1 atom stereocenters. The van der Waals surface area contributed by atoms with E-state index in [1.165, 1.54) is 85.0 Å². The third kappa shape index (κ3) is 5.65. The molecule has 37 heavy (non-hydrogen) atoms. The standard InChI is InChI=1S/C35H48N2/c1-7-11-16-32-29(19-20-34(32)37-23-35(9-3,10-4)24-37)22-33(36)31-18-13-17-30(26(31)6)28-15-12-14-27(21-28)25(5)8-2/h8,12-15,17-18,21-22,34H,7,9-11,16,19-20,23-24,36H2,1-6H3/b25-8+,33-22-. The van der Waals surface area contributed by atoms with Gasteiger partial charge in [-0.2, -0.15) is 0 Å². The molecular weight excluding hydrogens is 448 g/mol. The molecular formula is C35H48N2. The Bertz CT molecular complexity index is 1180. The molecule has 2 aliphatic rings. The first-order chi connectivity index (χ1) is 17.9. The second-order valence-corrected chi connectivity index (χ2v) is 11.5. The van der Waals surface area contributed by atoms with Crippen LogP contribution >= 0.6 is 0 Å². The number of hydrogen-bond acceptors (Lipinski definition) is 2. The van der Waals surface area contributed by atoms with Crippen molar-refractivity contribution < 1.29 is 0 Å². The van der Waals surface area contributed by atoms with Crippen LogP contribution in [0.4, 0.5) is 0 Å². The maximum absolute atomic E-state index is 6.87. The van der Waals surface area contributed by atoms with Crippen molar-refractivity contribution in [3.05, 3.63) is 82.5 Å². The van der Waals surface area contributed by atoms with E-state index < -0.39 is 0 Å². The van der Waals surface area contributed by atoms with Crippen LogP contribution in [-0.2, 0) is 0 Å². The van der Waals surface area contributed by atoms with E-state index >= 15 is 0 Å². The van der Waals surface area contributed by atoms with Crippen LogP contribution in [-0.4, -0.2) is 24.0 Å². The first-order valence-corrected chi connectivity index (χ1v) is 14.6. The highest BCUT2D eigenvalue weighted by atomic mass is 15.2. The SMILES string of the molecule is C/C=C(\C)c1cccc(-c2cccc(/C(N)=C/C3=C(CCCC)C(N4CC(CC)(CC)C4)CC3)c2C)c1. The molecule has 0 aromatic heterocycles. The molecule has 0 radical (unpaired) electrons. The Morgan fingerprint density at radius 2 is 1.81 bits per heavy atom. The van der Waals surface area contributed by atoms with Gasteiger partial charge in [-0.1, -0.05) is 69.7 Å². The van der Waals surface area contributed by atoms with Crippen molar-refractivity contribution in [3.63, 3.8) is 0 Å². The number of unbranched alkanes of at least 4 members (excludes halogenated alkanes) is 1. The van der Waals surface area contributed by atoms with Gasteiger partial charge in [0.05, 0.1) is 0 Å². The van der Waals surface area contributed by atoms with E-state index in [4.69, 9.17) is 5.73 Å². The van der Waals surface area contributed by atoms with Gasteiger partial charge in [-0.05, 0) is 116 Å². The molecule has 2 aromatic rings. The highest BCUT2D eigenvalue weighted by Crippen LogP contribution is 2.44. The molecule has 1 fully saturated rings. The summed E-state index contributed by atoms with van der Waals surface area (Å²) < 4.78 is 0. The maximum Gasteiger partial charge on any atom is 0.0393 e. The third-order valence-electron chi connectivity index (χ3n) is 9.36. The van der Waals surface area contributed by atoms with E-state index in [0.717, 1.165) is 17.7 Å². The minimum absolute atomic E-state index is 0.549. The number of nitrogens with zero attached hydrogens (tertiary/aromatic N) is 1. The van der Waals surface area contributed by atoms with Crippen LogP contribution in [0.3, 0.4) is 0 Å². The Hall–Kier alpha value is -2.58. The first kappa shape index (κ1) is 27.5. The van der Waals surface area contributed by atoms with E-state index in [2.05, 4.69) is 101 Å². The Morgan fingerprint density at radius 3 is 2.49 bits per heavy atom. The number of rotatable bonds is 10. The number of benzene rings is 2. The summed E-state index contributed by atoms with van der Waals surface area (Å²) in [6.07, 6.45) is 13.2. The lowest BCUT2D eigenvalue weighted by Crippen LogP contribution is -2.59. The van der Waals surface area contributed by atoms with Gasteiger partial charge in [-0.25, -0.2) is 0 Å². The predicted molar refractivity (Wildman–Crippen MR) is 162 cm³/mol. The molecule has 4 rings (SSSR count). The van der Waals surface area contributed by atoms with Crippen LogP contribution in [0.5, 0.6) is 0 Å². The highest BCUT2D eigenvalue weighted by molar-refractivity contribution is 5.79. The van der Waals surface area contributed by atoms with Gasteiger partial charge in [0.15, 0.2) is 0 Å². The van der Waals surface area contributed by atoms with E-state index in [1.807, 2.05) is 0 Å². The number of nitrogens with two attached hydrogens (primary N) is 1. The van der Waals surface area contributed by atoms with Crippen LogP contribution in [0.1, 0.15) is 96.3 Å². The van der Waals surface area contributed by atoms with Gasteiger partial charge >= 0.3 is 0 Å². The maximum atomic E-state index is 6.87. The summed E-state index contributed by atoms with van der Waals surface area (Å²) >= 11 is 0. The summed E-state index contributed by atoms with van der Waals surface area (Å²) in [6, 6.07) is 16.1. The summed E-state index contributed by atoms with van der Waals surface area (Å²) in [6.45, 7) is 16.1. The molecule has 198 valence electrons. The molecule has 0 spiro atoms. The van der Waals surface area contributed by atoms with Gasteiger partial charge in [0, 0.05) is 30.4 Å². The Labute approximate surface area is 226 Å². The number of likely N-dealkylation sites (tertiary alicyclic amines) is 1. The van der Waals surface area contributed by atoms with Gasteiger partial charge in [0.25, 0.3) is 0 Å². The van der Waals surface area contributed by atoms with Gasteiger partial charge in [0.1, 0.15) is 0 Å². The molecule has 1 heterocycles. The lowest BCUT2D eigenvalue weighted by molar-refractivity contribution is -0.0277. The average Bonchev–Trinajstić information content (AvgIpc) is 3.28. The molecule has 0 bridgehead atoms. The average molecular weight is 497 g/mol. The monoisotopic (exact) mass is 496 g/mol. The number of hydrogen-bond donors (Lipinski definition) is 1. The largest absolute Gasteiger partial charge is 0.398 e. The molecule has 2 aromatic carbocycles. The smallest absolute Gasteiger partial charge is 0.0393 e. The fourth-order valence-electron chi connectivity index (χ4n) is 6.46. The van der Waals surface area contributed by atoms with Crippen molar-refractivity contribution in [2.45, 2.75) is 92.5 Å². The molecule has 2 nitrogen and oxygen atoms in total.